The number of hydrogen-bond donors (Lipinski definition) is 1. The van der Waals surface area contributed by atoms with Gasteiger partial charge in [-0.3, -0.25) is 0 Å². The largest absolute Gasteiger partial charge is 0.490 e. The van der Waals surface area contributed by atoms with Crippen LogP contribution in [-0.4, -0.2) is 6.10 Å². The lowest BCUT2D eigenvalue weighted by atomic mass is 9.98. The van der Waals surface area contributed by atoms with Crippen molar-refractivity contribution in [3.63, 3.8) is 0 Å². The molecular weight excluding hydrogens is 278 g/mol. The number of fused-ring (bicyclic) bond motifs is 1. The molecule has 0 aliphatic heterocycles. The standard InChI is InChI=1S/C18H21NOS/c19-18(17-11-12-4-1-2-7-16(12)21-17)13-5-3-6-15(10-13)20-14-8-9-14/h3,5-6,10-11,14,18H,1-2,4,7-9,19H2. The summed E-state index contributed by atoms with van der Waals surface area (Å²) in [5.41, 5.74) is 9.19. The average molecular weight is 299 g/mol. The highest BCUT2D eigenvalue weighted by molar-refractivity contribution is 7.12. The molecule has 2 aromatic rings. The Morgan fingerprint density at radius 2 is 2.00 bits per heavy atom. The summed E-state index contributed by atoms with van der Waals surface area (Å²) in [5, 5.41) is 0. The van der Waals surface area contributed by atoms with E-state index in [2.05, 4.69) is 24.3 Å². The van der Waals surface area contributed by atoms with E-state index in [1.54, 1.807) is 4.88 Å². The van der Waals surface area contributed by atoms with Crippen LogP contribution in [0.5, 0.6) is 5.75 Å². The van der Waals surface area contributed by atoms with Gasteiger partial charge in [0.15, 0.2) is 0 Å². The van der Waals surface area contributed by atoms with Gasteiger partial charge in [-0.1, -0.05) is 12.1 Å². The molecule has 1 atom stereocenters. The van der Waals surface area contributed by atoms with Crippen molar-refractivity contribution in [2.45, 2.75) is 50.7 Å². The summed E-state index contributed by atoms with van der Waals surface area (Å²) in [6.07, 6.45) is 7.92. The van der Waals surface area contributed by atoms with Gasteiger partial charge in [0, 0.05) is 9.75 Å². The maximum atomic E-state index is 6.50. The minimum atomic E-state index is -0.0247. The molecule has 0 saturated heterocycles. The Kier molecular flexibility index (Phi) is 3.48. The molecule has 110 valence electrons. The molecule has 1 aromatic heterocycles. The first-order valence-electron chi connectivity index (χ1n) is 7.93. The molecule has 2 aliphatic carbocycles. The lowest BCUT2D eigenvalue weighted by Crippen LogP contribution is -2.10. The van der Waals surface area contributed by atoms with Gasteiger partial charge in [0.25, 0.3) is 0 Å². The first-order valence-corrected chi connectivity index (χ1v) is 8.75. The molecule has 4 rings (SSSR count). The maximum Gasteiger partial charge on any atom is 0.120 e. The van der Waals surface area contributed by atoms with E-state index in [-0.39, 0.29) is 6.04 Å². The number of thiophene rings is 1. The lowest BCUT2D eigenvalue weighted by molar-refractivity contribution is 0.303. The van der Waals surface area contributed by atoms with E-state index in [0.29, 0.717) is 6.10 Å². The van der Waals surface area contributed by atoms with Crippen molar-refractivity contribution < 1.29 is 4.74 Å². The molecule has 2 nitrogen and oxygen atoms in total. The van der Waals surface area contributed by atoms with Crippen LogP contribution in [0.25, 0.3) is 0 Å². The third kappa shape index (κ3) is 2.85. The second-order valence-corrected chi connectivity index (χ2v) is 7.34. The quantitative estimate of drug-likeness (QED) is 0.917. The van der Waals surface area contributed by atoms with Crippen LogP contribution in [0, 0.1) is 0 Å². The number of aryl methyl sites for hydroxylation is 2. The molecule has 1 unspecified atom stereocenters. The summed E-state index contributed by atoms with van der Waals surface area (Å²) in [5.74, 6) is 0.965. The predicted molar refractivity (Wildman–Crippen MR) is 87.1 cm³/mol. The molecule has 1 heterocycles. The van der Waals surface area contributed by atoms with Crippen LogP contribution < -0.4 is 10.5 Å². The van der Waals surface area contributed by atoms with E-state index >= 15 is 0 Å². The average Bonchev–Trinajstić information content (AvgIpc) is 3.21. The smallest absolute Gasteiger partial charge is 0.120 e. The minimum absolute atomic E-state index is 0.0247. The van der Waals surface area contributed by atoms with Crippen molar-refractivity contribution >= 4 is 11.3 Å². The van der Waals surface area contributed by atoms with E-state index in [1.165, 1.54) is 49.0 Å². The van der Waals surface area contributed by atoms with E-state index in [9.17, 15) is 0 Å². The molecule has 21 heavy (non-hydrogen) atoms. The molecule has 0 bridgehead atoms. The molecular formula is C18H21NOS. The lowest BCUT2D eigenvalue weighted by Gasteiger charge is -2.12. The summed E-state index contributed by atoms with van der Waals surface area (Å²) < 4.78 is 5.88. The zero-order valence-corrected chi connectivity index (χ0v) is 13.0. The zero-order chi connectivity index (χ0) is 14.2. The highest BCUT2D eigenvalue weighted by Gasteiger charge is 2.24. The summed E-state index contributed by atoms with van der Waals surface area (Å²) >= 11 is 1.90. The van der Waals surface area contributed by atoms with Gasteiger partial charge in [-0.05, 0) is 67.9 Å². The molecule has 1 fully saturated rings. The Morgan fingerprint density at radius 1 is 1.14 bits per heavy atom. The van der Waals surface area contributed by atoms with Crippen LogP contribution in [-0.2, 0) is 12.8 Å². The van der Waals surface area contributed by atoms with Gasteiger partial charge in [-0.15, -0.1) is 11.3 Å². The number of rotatable bonds is 4. The topological polar surface area (TPSA) is 35.2 Å². The third-order valence-corrected chi connectivity index (χ3v) is 5.69. The van der Waals surface area contributed by atoms with Crippen molar-refractivity contribution in [2.24, 2.45) is 5.73 Å². The van der Waals surface area contributed by atoms with E-state index in [0.717, 1.165) is 11.3 Å². The minimum Gasteiger partial charge on any atom is -0.490 e. The van der Waals surface area contributed by atoms with Crippen molar-refractivity contribution in [1.82, 2.24) is 0 Å². The molecule has 2 aliphatic rings. The summed E-state index contributed by atoms with van der Waals surface area (Å²) in [7, 11) is 0. The summed E-state index contributed by atoms with van der Waals surface area (Å²) in [6, 6.07) is 10.6. The number of benzene rings is 1. The third-order valence-electron chi connectivity index (χ3n) is 4.37. The van der Waals surface area contributed by atoms with Crippen LogP contribution in [0.1, 0.15) is 52.6 Å². The van der Waals surface area contributed by atoms with Crippen molar-refractivity contribution in [2.75, 3.05) is 0 Å². The second-order valence-electron chi connectivity index (χ2n) is 6.17. The van der Waals surface area contributed by atoms with E-state index in [1.807, 2.05) is 17.4 Å². The molecule has 0 spiro atoms. The number of hydrogen-bond acceptors (Lipinski definition) is 3. The highest BCUT2D eigenvalue weighted by atomic mass is 32.1. The Balaban J connectivity index is 1.58. The van der Waals surface area contributed by atoms with Crippen LogP contribution >= 0.6 is 11.3 Å². The van der Waals surface area contributed by atoms with E-state index < -0.39 is 0 Å². The summed E-state index contributed by atoms with van der Waals surface area (Å²) in [4.78, 5) is 2.85. The van der Waals surface area contributed by atoms with Crippen molar-refractivity contribution in [3.8, 4) is 5.75 Å². The van der Waals surface area contributed by atoms with E-state index in [4.69, 9.17) is 10.5 Å². The van der Waals surface area contributed by atoms with Crippen molar-refractivity contribution in [1.29, 1.82) is 0 Å². The highest BCUT2D eigenvalue weighted by Crippen LogP contribution is 2.35. The zero-order valence-electron chi connectivity index (χ0n) is 12.2. The maximum absolute atomic E-state index is 6.50. The summed E-state index contributed by atoms with van der Waals surface area (Å²) in [6.45, 7) is 0. The Morgan fingerprint density at radius 3 is 2.81 bits per heavy atom. The molecule has 1 saturated carbocycles. The first kappa shape index (κ1) is 13.4. The van der Waals surface area contributed by atoms with Gasteiger partial charge in [0.2, 0.25) is 0 Å². The van der Waals surface area contributed by atoms with Gasteiger partial charge in [0.05, 0.1) is 12.1 Å². The monoisotopic (exact) mass is 299 g/mol. The molecule has 0 amide bonds. The van der Waals surface area contributed by atoms with Gasteiger partial charge >= 0.3 is 0 Å². The number of ether oxygens (including phenoxy) is 1. The predicted octanol–water partition coefficient (Wildman–Crippen LogP) is 4.22. The Bertz CT molecular complexity index is 621. The van der Waals surface area contributed by atoms with Crippen molar-refractivity contribution in [3.05, 3.63) is 51.2 Å². The van der Waals surface area contributed by atoms with Crippen LogP contribution in [0.4, 0.5) is 0 Å². The molecule has 3 heteroatoms. The number of nitrogens with two attached hydrogens (primary N) is 1. The molecule has 1 aromatic carbocycles. The van der Waals surface area contributed by atoms with Gasteiger partial charge in [-0.2, -0.15) is 0 Å². The van der Waals surface area contributed by atoms with Gasteiger partial charge < -0.3 is 10.5 Å². The van der Waals surface area contributed by atoms with Gasteiger partial charge in [0.1, 0.15) is 5.75 Å². The Hall–Kier alpha value is -1.32. The fourth-order valence-electron chi connectivity index (χ4n) is 2.99. The molecule has 2 N–H and O–H groups in total. The normalized spacial score (nSPS) is 19.1. The van der Waals surface area contributed by atoms with Gasteiger partial charge in [-0.25, -0.2) is 0 Å². The van der Waals surface area contributed by atoms with Crippen LogP contribution in [0.3, 0.4) is 0 Å². The fourth-order valence-corrected chi connectivity index (χ4v) is 4.28. The van der Waals surface area contributed by atoms with Crippen LogP contribution in [0.15, 0.2) is 30.3 Å². The van der Waals surface area contributed by atoms with Crippen LogP contribution in [0.2, 0.25) is 0 Å². The SMILES string of the molecule is NC(c1cccc(OC2CC2)c1)c1cc2c(s1)CCCC2. The first-order chi connectivity index (χ1) is 10.3. The fraction of sp³-hybridized carbons (Fsp3) is 0.444. The second kappa shape index (κ2) is 5.47. The molecule has 0 radical (unpaired) electrons. The Labute approximate surface area is 129 Å².